The van der Waals surface area contributed by atoms with Gasteiger partial charge in [0.1, 0.15) is 0 Å². The smallest absolute Gasteiger partial charge is 0.0465 e. The van der Waals surface area contributed by atoms with Gasteiger partial charge in [-0.1, -0.05) is 56.0 Å². The van der Waals surface area contributed by atoms with E-state index >= 15 is 0 Å². The molecular weight excluding hydrogens is 265 g/mol. The second kappa shape index (κ2) is 5.81. The first kappa shape index (κ1) is 14.2. The molecule has 18 heavy (non-hydrogen) atoms. The van der Waals surface area contributed by atoms with E-state index < -0.39 is 0 Å². The van der Waals surface area contributed by atoms with E-state index in [2.05, 4.69) is 19.2 Å². The highest BCUT2D eigenvalue weighted by Gasteiger charge is 2.31. The molecule has 1 aliphatic rings. The number of nitrogens with one attached hydrogen (secondary N) is 1. The van der Waals surface area contributed by atoms with Crippen LogP contribution >= 0.6 is 23.2 Å². The third-order valence-corrected chi connectivity index (χ3v) is 4.65. The summed E-state index contributed by atoms with van der Waals surface area (Å²) < 4.78 is 0. The Kier molecular flexibility index (Phi) is 4.58. The molecular formula is C15H21Cl2N. The van der Waals surface area contributed by atoms with Crippen molar-refractivity contribution in [2.24, 2.45) is 5.41 Å². The molecule has 0 aliphatic heterocycles. The fourth-order valence-electron chi connectivity index (χ4n) is 2.77. The van der Waals surface area contributed by atoms with E-state index in [1.807, 2.05) is 18.2 Å². The predicted molar refractivity (Wildman–Crippen MR) is 79.3 cm³/mol. The molecule has 3 heteroatoms. The summed E-state index contributed by atoms with van der Waals surface area (Å²) in [7, 11) is 0. The molecule has 100 valence electrons. The van der Waals surface area contributed by atoms with E-state index in [1.165, 1.54) is 25.7 Å². The van der Waals surface area contributed by atoms with Gasteiger partial charge in [0, 0.05) is 22.6 Å². The van der Waals surface area contributed by atoms with Crippen LogP contribution in [0.15, 0.2) is 18.2 Å². The summed E-state index contributed by atoms with van der Waals surface area (Å²) in [6.45, 7) is 5.53. The van der Waals surface area contributed by atoms with Gasteiger partial charge < -0.3 is 5.32 Å². The molecule has 1 unspecified atom stereocenters. The zero-order valence-corrected chi connectivity index (χ0v) is 12.6. The Bertz CT molecular complexity index is 415. The predicted octanol–water partition coefficient (Wildman–Crippen LogP) is 5.05. The Morgan fingerprint density at radius 3 is 2.72 bits per heavy atom. The third kappa shape index (κ3) is 3.40. The van der Waals surface area contributed by atoms with Crippen molar-refractivity contribution in [3.63, 3.8) is 0 Å². The maximum Gasteiger partial charge on any atom is 0.0465 e. The van der Waals surface area contributed by atoms with E-state index in [-0.39, 0.29) is 0 Å². The van der Waals surface area contributed by atoms with Crippen molar-refractivity contribution in [1.82, 2.24) is 5.32 Å². The second-order valence-corrected chi connectivity index (χ2v) is 6.75. The second-order valence-electron chi connectivity index (χ2n) is 5.90. The highest BCUT2D eigenvalue weighted by atomic mass is 35.5. The van der Waals surface area contributed by atoms with Gasteiger partial charge in [-0.2, -0.15) is 0 Å². The largest absolute Gasteiger partial charge is 0.309 e. The van der Waals surface area contributed by atoms with Crippen LogP contribution in [0.3, 0.4) is 0 Å². The summed E-state index contributed by atoms with van der Waals surface area (Å²) in [5.41, 5.74) is 1.51. The molecule has 1 saturated carbocycles. The van der Waals surface area contributed by atoms with E-state index in [0.717, 1.165) is 17.1 Å². The normalized spacial score (nSPS) is 23.0. The average molecular weight is 286 g/mol. The first-order chi connectivity index (χ1) is 8.49. The molecule has 0 spiro atoms. The molecule has 2 rings (SSSR count). The van der Waals surface area contributed by atoms with E-state index in [0.29, 0.717) is 16.5 Å². The SMILES string of the molecule is CC1(C)CCCCC1NCc1ccc(Cl)cc1Cl. The molecule has 1 aliphatic carbocycles. The quantitative estimate of drug-likeness (QED) is 0.819. The van der Waals surface area contributed by atoms with Crippen LogP contribution in [0.2, 0.25) is 10.0 Å². The van der Waals surface area contributed by atoms with E-state index in [4.69, 9.17) is 23.2 Å². The average Bonchev–Trinajstić information content (AvgIpc) is 2.29. The zero-order chi connectivity index (χ0) is 13.2. The Labute approximate surface area is 120 Å². The number of hydrogen-bond donors (Lipinski definition) is 1. The monoisotopic (exact) mass is 285 g/mol. The van der Waals surface area contributed by atoms with Crippen LogP contribution in [0, 0.1) is 5.41 Å². The van der Waals surface area contributed by atoms with Crippen LogP contribution in [0.5, 0.6) is 0 Å². The maximum absolute atomic E-state index is 6.19. The van der Waals surface area contributed by atoms with Gasteiger partial charge in [0.25, 0.3) is 0 Å². The summed E-state index contributed by atoms with van der Waals surface area (Å²) in [5, 5.41) is 5.11. The van der Waals surface area contributed by atoms with Gasteiger partial charge >= 0.3 is 0 Å². The maximum atomic E-state index is 6.19. The van der Waals surface area contributed by atoms with E-state index in [9.17, 15) is 0 Å². The van der Waals surface area contributed by atoms with Gasteiger partial charge in [-0.3, -0.25) is 0 Å². The lowest BCUT2D eigenvalue weighted by atomic mass is 9.73. The van der Waals surface area contributed by atoms with Crippen LogP contribution < -0.4 is 5.32 Å². The Morgan fingerprint density at radius 2 is 2.06 bits per heavy atom. The highest BCUT2D eigenvalue weighted by Crippen LogP contribution is 2.35. The first-order valence-electron chi connectivity index (χ1n) is 6.66. The number of hydrogen-bond acceptors (Lipinski definition) is 1. The minimum Gasteiger partial charge on any atom is -0.309 e. The molecule has 1 aromatic carbocycles. The molecule has 0 amide bonds. The Balaban J connectivity index is 1.98. The van der Waals surface area contributed by atoms with Gasteiger partial charge in [0.15, 0.2) is 0 Å². The van der Waals surface area contributed by atoms with Gasteiger partial charge in [0.2, 0.25) is 0 Å². The van der Waals surface area contributed by atoms with Gasteiger partial charge in [0.05, 0.1) is 0 Å². The topological polar surface area (TPSA) is 12.0 Å². The molecule has 0 bridgehead atoms. The molecule has 1 N–H and O–H groups in total. The molecule has 1 atom stereocenters. The first-order valence-corrected chi connectivity index (χ1v) is 7.42. The van der Waals surface area contributed by atoms with Crippen molar-refractivity contribution in [3.05, 3.63) is 33.8 Å². The lowest BCUT2D eigenvalue weighted by Gasteiger charge is -2.39. The molecule has 0 saturated heterocycles. The fourth-order valence-corrected chi connectivity index (χ4v) is 3.25. The Hall–Kier alpha value is -0.240. The fraction of sp³-hybridized carbons (Fsp3) is 0.600. The Morgan fingerprint density at radius 1 is 1.28 bits per heavy atom. The van der Waals surface area contributed by atoms with Crippen molar-refractivity contribution >= 4 is 23.2 Å². The molecule has 0 radical (unpaired) electrons. The summed E-state index contributed by atoms with van der Waals surface area (Å²) in [6.07, 6.45) is 5.25. The lowest BCUT2D eigenvalue weighted by molar-refractivity contribution is 0.167. The van der Waals surface area contributed by atoms with Crippen molar-refractivity contribution < 1.29 is 0 Å². The van der Waals surface area contributed by atoms with Crippen molar-refractivity contribution in [2.75, 3.05) is 0 Å². The van der Waals surface area contributed by atoms with Gasteiger partial charge in [-0.05, 0) is 36.0 Å². The zero-order valence-electron chi connectivity index (χ0n) is 11.1. The molecule has 1 fully saturated rings. The number of benzene rings is 1. The lowest BCUT2D eigenvalue weighted by Crippen LogP contribution is -2.43. The highest BCUT2D eigenvalue weighted by molar-refractivity contribution is 6.35. The minimum absolute atomic E-state index is 0.386. The van der Waals surface area contributed by atoms with Crippen LogP contribution in [0.4, 0.5) is 0 Å². The van der Waals surface area contributed by atoms with Crippen LogP contribution in [-0.4, -0.2) is 6.04 Å². The number of halogens is 2. The van der Waals surface area contributed by atoms with Crippen molar-refractivity contribution in [1.29, 1.82) is 0 Å². The third-order valence-electron chi connectivity index (χ3n) is 4.06. The van der Waals surface area contributed by atoms with Crippen molar-refractivity contribution in [2.45, 2.75) is 52.1 Å². The van der Waals surface area contributed by atoms with Crippen molar-refractivity contribution in [3.8, 4) is 0 Å². The minimum atomic E-state index is 0.386. The summed E-state index contributed by atoms with van der Waals surface area (Å²) in [5.74, 6) is 0. The van der Waals surface area contributed by atoms with Crippen LogP contribution in [0.1, 0.15) is 45.1 Å². The molecule has 0 aromatic heterocycles. The van der Waals surface area contributed by atoms with Crippen LogP contribution in [-0.2, 0) is 6.54 Å². The standard InChI is InChI=1S/C15H21Cl2N/c1-15(2)8-4-3-5-14(15)18-10-11-6-7-12(16)9-13(11)17/h6-7,9,14,18H,3-5,8,10H2,1-2H3. The molecule has 1 nitrogen and oxygen atoms in total. The molecule has 0 heterocycles. The van der Waals surface area contributed by atoms with Gasteiger partial charge in [-0.25, -0.2) is 0 Å². The summed E-state index contributed by atoms with van der Waals surface area (Å²) in [6, 6.07) is 6.30. The van der Waals surface area contributed by atoms with Gasteiger partial charge in [-0.15, -0.1) is 0 Å². The number of rotatable bonds is 3. The van der Waals surface area contributed by atoms with E-state index in [1.54, 1.807) is 0 Å². The van der Waals surface area contributed by atoms with Crippen LogP contribution in [0.25, 0.3) is 0 Å². The summed E-state index contributed by atoms with van der Waals surface area (Å²) in [4.78, 5) is 0. The summed E-state index contributed by atoms with van der Waals surface area (Å²) >= 11 is 12.1. The molecule has 1 aromatic rings.